The lowest BCUT2D eigenvalue weighted by Crippen LogP contribution is -2.15. The van der Waals surface area contributed by atoms with E-state index in [1.807, 2.05) is 6.07 Å². The van der Waals surface area contributed by atoms with Gasteiger partial charge in [-0.3, -0.25) is 0 Å². The second-order valence-electron chi connectivity index (χ2n) is 3.17. The van der Waals surface area contributed by atoms with Crippen molar-refractivity contribution in [2.75, 3.05) is 7.11 Å². The zero-order valence-electron chi connectivity index (χ0n) is 7.70. The molecule has 0 aliphatic heterocycles. The number of rotatable bonds is 3. The van der Waals surface area contributed by atoms with E-state index in [1.54, 1.807) is 18.4 Å². The van der Waals surface area contributed by atoms with Crippen LogP contribution in [0.5, 0.6) is 5.06 Å². The van der Waals surface area contributed by atoms with E-state index in [1.165, 1.54) is 5.56 Å². The van der Waals surface area contributed by atoms with Gasteiger partial charge in [-0.05, 0) is 22.9 Å². The van der Waals surface area contributed by atoms with Crippen LogP contribution in [0, 0.1) is 5.92 Å². The van der Waals surface area contributed by atoms with Crippen molar-refractivity contribution in [1.29, 1.82) is 0 Å². The van der Waals surface area contributed by atoms with Crippen LogP contribution in [0.15, 0.2) is 11.4 Å². The molecule has 2 N–H and O–H groups in total. The second-order valence-corrected chi connectivity index (χ2v) is 4.05. The topological polar surface area (TPSA) is 35.2 Å². The summed E-state index contributed by atoms with van der Waals surface area (Å²) in [6, 6.07) is 2.14. The molecule has 3 heteroatoms. The number of thiophene rings is 1. The molecule has 1 rings (SSSR count). The van der Waals surface area contributed by atoms with E-state index in [-0.39, 0.29) is 6.04 Å². The third-order valence-corrected chi connectivity index (χ3v) is 2.81. The Kier molecular flexibility index (Phi) is 3.12. The Morgan fingerprint density at radius 3 is 2.58 bits per heavy atom. The summed E-state index contributed by atoms with van der Waals surface area (Å²) in [5, 5.41) is 2.99. The fourth-order valence-corrected chi connectivity index (χ4v) is 1.77. The summed E-state index contributed by atoms with van der Waals surface area (Å²) in [5.74, 6) is 0.476. The van der Waals surface area contributed by atoms with Gasteiger partial charge in [0, 0.05) is 6.04 Å². The van der Waals surface area contributed by atoms with Crippen molar-refractivity contribution in [2.45, 2.75) is 19.9 Å². The molecule has 2 nitrogen and oxygen atoms in total. The minimum absolute atomic E-state index is 0.130. The Morgan fingerprint density at radius 1 is 1.50 bits per heavy atom. The van der Waals surface area contributed by atoms with Gasteiger partial charge in [-0.2, -0.15) is 0 Å². The first-order chi connectivity index (χ1) is 5.65. The fraction of sp³-hybridized carbons (Fsp3) is 0.556. The fourth-order valence-electron chi connectivity index (χ4n) is 0.997. The number of nitrogens with two attached hydrogens (primary N) is 1. The summed E-state index contributed by atoms with van der Waals surface area (Å²) in [6.07, 6.45) is 0. The van der Waals surface area contributed by atoms with E-state index in [2.05, 4.69) is 19.2 Å². The molecule has 0 aromatic carbocycles. The highest BCUT2D eigenvalue weighted by Gasteiger charge is 2.12. The molecule has 1 aromatic rings. The highest BCUT2D eigenvalue weighted by molar-refractivity contribution is 7.12. The predicted octanol–water partition coefficient (Wildman–Crippen LogP) is 2.41. The molecular weight excluding hydrogens is 170 g/mol. The molecule has 68 valence electrons. The van der Waals surface area contributed by atoms with Crippen LogP contribution >= 0.6 is 11.3 Å². The maximum atomic E-state index is 5.96. The molecule has 0 aliphatic rings. The first-order valence-electron chi connectivity index (χ1n) is 4.03. The van der Waals surface area contributed by atoms with E-state index in [4.69, 9.17) is 10.5 Å². The van der Waals surface area contributed by atoms with Gasteiger partial charge in [0.25, 0.3) is 0 Å². The largest absolute Gasteiger partial charge is 0.487 e. The molecule has 1 aromatic heterocycles. The number of ether oxygens (including phenoxy) is 1. The van der Waals surface area contributed by atoms with E-state index in [0.717, 1.165) is 5.06 Å². The Bertz CT molecular complexity index is 244. The third-order valence-electron chi connectivity index (χ3n) is 1.90. The molecule has 12 heavy (non-hydrogen) atoms. The summed E-state index contributed by atoms with van der Waals surface area (Å²) in [5.41, 5.74) is 7.13. The summed E-state index contributed by atoms with van der Waals surface area (Å²) in [6.45, 7) is 4.24. The molecule has 0 unspecified atom stereocenters. The minimum Gasteiger partial charge on any atom is -0.487 e. The third kappa shape index (κ3) is 1.99. The summed E-state index contributed by atoms with van der Waals surface area (Å²) < 4.78 is 5.09. The van der Waals surface area contributed by atoms with E-state index >= 15 is 0 Å². The normalized spacial score (nSPS) is 13.4. The van der Waals surface area contributed by atoms with Gasteiger partial charge in [-0.25, -0.2) is 0 Å². The van der Waals surface area contributed by atoms with Crippen molar-refractivity contribution in [3.8, 4) is 5.06 Å². The molecule has 0 aliphatic carbocycles. The monoisotopic (exact) mass is 185 g/mol. The van der Waals surface area contributed by atoms with Gasteiger partial charge in [0.15, 0.2) is 5.06 Å². The quantitative estimate of drug-likeness (QED) is 0.785. The maximum Gasteiger partial charge on any atom is 0.173 e. The summed E-state index contributed by atoms with van der Waals surface area (Å²) >= 11 is 1.59. The van der Waals surface area contributed by atoms with Crippen molar-refractivity contribution in [3.05, 3.63) is 17.0 Å². The molecule has 0 saturated carbocycles. The Balaban J connectivity index is 2.74. The number of methoxy groups -OCH3 is 1. The van der Waals surface area contributed by atoms with Gasteiger partial charge in [-0.1, -0.05) is 13.8 Å². The molecular formula is C9H15NOS. The van der Waals surface area contributed by atoms with Gasteiger partial charge in [0.1, 0.15) is 0 Å². The molecule has 0 bridgehead atoms. The maximum absolute atomic E-state index is 5.96. The lowest BCUT2D eigenvalue weighted by Gasteiger charge is -2.13. The van der Waals surface area contributed by atoms with Crippen molar-refractivity contribution in [2.24, 2.45) is 11.7 Å². The molecule has 0 saturated heterocycles. The zero-order chi connectivity index (χ0) is 9.14. The average Bonchev–Trinajstić information content (AvgIpc) is 2.50. The second kappa shape index (κ2) is 3.92. The lowest BCUT2D eigenvalue weighted by molar-refractivity contribution is 0.425. The number of hydrogen-bond donors (Lipinski definition) is 1. The summed E-state index contributed by atoms with van der Waals surface area (Å²) in [7, 11) is 1.68. The Morgan fingerprint density at radius 2 is 2.17 bits per heavy atom. The van der Waals surface area contributed by atoms with E-state index < -0.39 is 0 Å². The van der Waals surface area contributed by atoms with Crippen molar-refractivity contribution in [3.63, 3.8) is 0 Å². The predicted molar refractivity (Wildman–Crippen MR) is 52.6 cm³/mol. The first-order valence-corrected chi connectivity index (χ1v) is 4.91. The van der Waals surface area contributed by atoms with Gasteiger partial charge in [0.05, 0.1) is 7.11 Å². The van der Waals surface area contributed by atoms with Gasteiger partial charge in [0.2, 0.25) is 0 Å². The van der Waals surface area contributed by atoms with E-state index in [0.29, 0.717) is 5.92 Å². The van der Waals surface area contributed by atoms with Crippen molar-refractivity contribution >= 4 is 11.3 Å². The van der Waals surface area contributed by atoms with Crippen LogP contribution < -0.4 is 10.5 Å². The van der Waals surface area contributed by atoms with Crippen LogP contribution in [0.1, 0.15) is 25.5 Å². The van der Waals surface area contributed by atoms with Crippen LogP contribution in [0.25, 0.3) is 0 Å². The summed E-state index contributed by atoms with van der Waals surface area (Å²) in [4.78, 5) is 0. The standard InChI is InChI=1S/C9H15NOS/c1-6(2)9(10)7-4-8(11-3)12-5-7/h4-6,9H,10H2,1-3H3/t9-/m0/s1. The molecule has 0 amide bonds. The Labute approximate surface area is 77.3 Å². The van der Waals surface area contributed by atoms with Crippen LogP contribution in [0.4, 0.5) is 0 Å². The zero-order valence-corrected chi connectivity index (χ0v) is 8.52. The number of hydrogen-bond acceptors (Lipinski definition) is 3. The Hall–Kier alpha value is -0.540. The van der Waals surface area contributed by atoms with Crippen LogP contribution in [-0.4, -0.2) is 7.11 Å². The van der Waals surface area contributed by atoms with Crippen LogP contribution in [0.2, 0.25) is 0 Å². The van der Waals surface area contributed by atoms with Crippen molar-refractivity contribution < 1.29 is 4.74 Å². The highest BCUT2D eigenvalue weighted by Crippen LogP contribution is 2.28. The molecule has 1 heterocycles. The molecule has 0 radical (unpaired) electrons. The lowest BCUT2D eigenvalue weighted by atomic mass is 10.00. The SMILES string of the molecule is COc1cc([C@@H](N)C(C)C)cs1. The minimum atomic E-state index is 0.130. The van der Waals surface area contributed by atoms with E-state index in [9.17, 15) is 0 Å². The highest BCUT2D eigenvalue weighted by atomic mass is 32.1. The average molecular weight is 185 g/mol. The van der Waals surface area contributed by atoms with Crippen molar-refractivity contribution in [1.82, 2.24) is 0 Å². The molecule has 1 atom stereocenters. The molecule has 0 spiro atoms. The first kappa shape index (κ1) is 9.55. The van der Waals surface area contributed by atoms with Gasteiger partial charge >= 0.3 is 0 Å². The molecule has 0 fully saturated rings. The smallest absolute Gasteiger partial charge is 0.173 e. The van der Waals surface area contributed by atoms with Gasteiger partial charge in [-0.15, -0.1) is 11.3 Å². The van der Waals surface area contributed by atoms with Gasteiger partial charge < -0.3 is 10.5 Å². The van der Waals surface area contributed by atoms with Crippen LogP contribution in [-0.2, 0) is 0 Å². The van der Waals surface area contributed by atoms with Crippen LogP contribution in [0.3, 0.4) is 0 Å².